The summed E-state index contributed by atoms with van der Waals surface area (Å²) in [5.74, 6) is 3.93. The lowest BCUT2D eigenvalue weighted by Gasteiger charge is -2.36. The summed E-state index contributed by atoms with van der Waals surface area (Å²) in [6, 6.07) is 55.1. The molecule has 2 heterocycles. The maximum absolute atomic E-state index is 6.51. The Morgan fingerprint density at radius 1 is 0.533 bits per heavy atom. The zero-order valence-corrected chi connectivity index (χ0v) is 33.7. The number of benzene rings is 8. The monoisotopic (exact) mass is 774 g/mol. The van der Waals surface area contributed by atoms with Crippen molar-refractivity contribution >= 4 is 66.3 Å². The molecule has 2 aliphatic heterocycles. The number of hydrogen-bond donors (Lipinski definition) is 0. The molecule has 4 aliphatic rings. The molecule has 8 aromatic carbocycles. The molecular formula is C56H42N2O2. The number of anilines is 5. The molecular weight excluding hydrogens is 733 g/mol. The number of allylic oxidation sites excluding steroid dienone is 7. The maximum atomic E-state index is 6.51. The van der Waals surface area contributed by atoms with Crippen molar-refractivity contribution in [2.45, 2.75) is 33.1 Å². The second-order valence-corrected chi connectivity index (χ2v) is 16.5. The molecule has 0 N–H and O–H groups in total. The first kappa shape index (κ1) is 34.7. The molecule has 288 valence electrons. The number of para-hydroxylation sites is 6. The number of fused-ring (bicyclic) bond motifs is 6. The number of ether oxygens (including phenoxy) is 2. The lowest BCUT2D eigenvalue weighted by Crippen LogP contribution is -2.25. The zero-order chi connectivity index (χ0) is 39.9. The fourth-order valence-corrected chi connectivity index (χ4v) is 9.84. The van der Waals surface area contributed by atoms with Gasteiger partial charge in [0.25, 0.3) is 0 Å². The molecule has 0 saturated carbocycles. The van der Waals surface area contributed by atoms with Gasteiger partial charge in [-0.2, -0.15) is 0 Å². The third-order valence-corrected chi connectivity index (χ3v) is 12.9. The summed E-state index contributed by atoms with van der Waals surface area (Å²) in [5, 5.41) is 7.41. The van der Waals surface area contributed by atoms with E-state index in [1.807, 2.05) is 12.1 Å². The number of nitrogens with zero attached hydrogens (tertiary/aromatic N) is 2. The van der Waals surface area contributed by atoms with Crippen LogP contribution < -0.4 is 19.3 Å². The molecule has 0 amide bonds. The van der Waals surface area contributed by atoms with Gasteiger partial charge < -0.3 is 19.3 Å². The van der Waals surface area contributed by atoms with Gasteiger partial charge in [0.2, 0.25) is 0 Å². The van der Waals surface area contributed by atoms with Gasteiger partial charge in [-0.3, -0.25) is 0 Å². The third kappa shape index (κ3) is 5.44. The smallest absolute Gasteiger partial charge is 0.151 e. The normalized spacial score (nSPS) is 16.7. The Hall–Kier alpha value is -7.30. The SMILES string of the molecule is CC1=CC=C(c2c3cc(N4C5=C(C=CCC5)Oc5ccccc54)ccc3c(-c3ccc4ccccc4c3)c3cc(N4c5ccccc5Oc5ccccc54)ccc23)CC1C. The van der Waals surface area contributed by atoms with E-state index < -0.39 is 0 Å². The molecule has 0 bridgehead atoms. The largest absolute Gasteiger partial charge is 0.453 e. The first-order valence-corrected chi connectivity index (χ1v) is 21.1. The van der Waals surface area contributed by atoms with Crippen LogP contribution in [-0.2, 0) is 0 Å². The molecule has 1 unspecified atom stereocenters. The van der Waals surface area contributed by atoms with Gasteiger partial charge in [-0.1, -0.05) is 116 Å². The van der Waals surface area contributed by atoms with Crippen LogP contribution in [0.15, 0.2) is 193 Å². The van der Waals surface area contributed by atoms with Gasteiger partial charge in [0.1, 0.15) is 5.76 Å². The minimum Gasteiger partial charge on any atom is -0.453 e. The standard InChI is InChI=1S/C56H42N2O2/c1-35-23-24-39(31-36(35)2)55-43-29-27-42(58-49-17-7-11-21-53(49)60-54-22-12-8-18-50(54)58)34-46(43)56(40-26-25-37-13-3-4-14-38(37)32-40)44-30-28-41(33-45(44)55)57-47-15-5-9-19-51(47)59-52-20-10-6-16-48(52)57/h3-5,7-15,17-30,32-34,36H,6,16,31H2,1-2H3. The predicted octanol–water partition coefficient (Wildman–Crippen LogP) is 15.9. The molecule has 0 radical (unpaired) electrons. The van der Waals surface area contributed by atoms with Crippen LogP contribution in [0.1, 0.15) is 38.7 Å². The quantitative estimate of drug-likeness (QED) is 0.166. The van der Waals surface area contributed by atoms with E-state index in [2.05, 4.69) is 187 Å². The predicted molar refractivity (Wildman–Crippen MR) is 249 cm³/mol. The molecule has 0 fully saturated rings. The topological polar surface area (TPSA) is 24.9 Å². The van der Waals surface area contributed by atoms with E-state index in [9.17, 15) is 0 Å². The van der Waals surface area contributed by atoms with Gasteiger partial charge in [0.05, 0.1) is 22.8 Å². The fraction of sp³-hybridized carbons (Fsp3) is 0.107. The van der Waals surface area contributed by atoms with Gasteiger partial charge in [-0.25, -0.2) is 0 Å². The Morgan fingerprint density at radius 2 is 1.13 bits per heavy atom. The van der Waals surface area contributed by atoms with Crippen molar-refractivity contribution in [2.24, 2.45) is 5.92 Å². The van der Waals surface area contributed by atoms with Crippen LogP contribution in [0.4, 0.5) is 28.4 Å². The van der Waals surface area contributed by atoms with Crippen LogP contribution in [-0.4, -0.2) is 0 Å². The van der Waals surface area contributed by atoms with Crippen LogP contribution >= 0.6 is 0 Å². The number of hydrogen-bond acceptors (Lipinski definition) is 4. The highest BCUT2D eigenvalue weighted by molar-refractivity contribution is 6.20. The molecule has 1 atom stereocenters. The highest BCUT2D eigenvalue weighted by Crippen LogP contribution is 2.53. The minimum atomic E-state index is 0.437. The van der Waals surface area contributed by atoms with Crippen molar-refractivity contribution in [2.75, 3.05) is 9.80 Å². The fourth-order valence-electron chi connectivity index (χ4n) is 9.84. The molecule has 12 rings (SSSR count). The van der Waals surface area contributed by atoms with Crippen LogP contribution in [0, 0.1) is 5.92 Å². The van der Waals surface area contributed by atoms with Crippen molar-refractivity contribution in [1.29, 1.82) is 0 Å². The molecule has 2 aliphatic carbocycles. The maximum Gasteiger partial charge on any atom is 0.151 e. The van der Waals surface area contributed by atoms with Crippen LogP contribution in [0.25, 0.3) is 49.0 Å². The lowest BCUT2D eigenvalue weighted by molar-refractivity contribution is 0.421. The van der Waals surface area contributed by atoms with Crippen LogP contribution in [0.2, 0.25) is 0 Å². The summed E-state index contributed by atoms with van der Waals surface area (Å²) in [6.45, 7) is 4.62. The van der Waals surface area contributed by atoms with Gasteiger partial charge in [0.15, 0.2) is 17.2 Å². The Balaban J connectivity index is 1.18. The van der Waals surface area contributed by atoms with Gasteiger partial charge in [-0.15, -0.1) is 0 Å². The van der Waals surface area contributed by atoms with Crippen LogP contribution in [0.3, 0.4) is 0 Å². The van der Waals surface area contributed by atoms with Crippen molar-refractivity contribution in [1.82, 2.24) is 0 Å². The van der Waals surface area contributed by atoms with E-state index in [4.69, 9.17) is 9.47 Å². The lowest BCUT2D eigenvalue weighted by atomic mass is 9.80. The summed E-state index contributed by atoms with van der Waals surface area (Å²) in [4.78, 5) is 4.80. The highest BCUT2D eigenvalue weighted by Gasteiger charge is 2.31. The Kier molecular flexibility index (Phi) is 7.89. The van der Waals surface area contributed by atoms with Gasteiger partial charge in [0, 0.05) is 11.4 Å². The van der Waals surface area contributed by atoms with Crippen LogP contribution in [0.5, 0.6) is 17.2 Å². The third-order valence-electron chi connectivity index (χ3n) is 12.9. The summed E-state index contributed by atoms with van der Waals surface area (Å²) >= 11 is 0. The molecule has 8 aromatic rings. The first-order chi connectivity index (χ1) is 29.6. The Bertz CT molecular complexity index is 3190. The zero-order valence-electron chi connectivity index (χ0n) is 33.7. The van der Waals surface area contributed by atoms with Crippen molar-refractivity contribution in [3.8, 4) is 28.4 Å². The van der Waals surface area contributed by atoms with E-state index in [-0.39, 0.29) is 0 Å². The average molecular weight is 775 g/mol. The molecule has 0 saturated heterocycles. The molecule has 4 heteroatoms. The molecule has 60 heavy (non-hydrogen) atoms. The van der Waals surface area contributed by atoms with E-state index in [0.29, 0.717) is 5.92 Å². The van der Waals surface area contributed by atoms with E-state index >= 15 is 0 Å². The summed E-state index contributed by atoms with van der Waals surface area (Å²) in [6.07, 6.45) is 11.9. The Labute approximate surface area is 350 Å². The Morgan fingerprint density at radius 3 is 1.85 bits per heavy atom. The van der Waals surface area contributed by atoms with Crippen molar-refractivity contribution in [3.05, 3.63) is 199 Å². The molecule has 4 nitrogen and oxygen atoms in total. The summed E-state index contributed by atoms with van der Waals surface area (Å²) in [7, 11) is 0. The van der Waals surface area contributed by atoms with Gasteiger partial charge in [-0.05, 0) is 159 Å². The van der Waals surface area contributed by atoms with Crippen molar-refractivity contribution < 1.29 is 9.47 Å². The molecule has 0 spiro atoms. The highest BCUT2D eigenvalue weighted by atomic mass is 16.5. The average Bonchev–Trinajstić information content (AvgIpc) is 3.29. The second-order valence-electron chi connectivity index (χ2n) is 16.5. The molecule has 0 aromatic heterocycles. The second kappa shape index (κ2) is 13.6. The number of rotatable bonds is 4. The van der Waals surface area contributed by atoms with Gasteiger partial charge >= 0.3 is 0 Å². The van der Waals surface area contributed by atoms with E-state index in [1.54, 1.807) is 0 Å². The summed E-state index contributed by atoms with van der Waals surface area (Å²) < 4.78 is 13.0. The van der Waals surface area contributed by atoms with E-state index in [0.717, 1.165) is 70.7 Å². The first-order valence-electron chi connectivity index (χ1n) is 21.1. The van der Waals surface area contributed by atoms with E-state index in [1.165, 1.54) is 65.9 Å². The summed E-state index contributed by atoms with van der Waals surface area (Å²) in [5.41, 5.74) is 13.1. The van der Waals surface area contributed by atoms with Crippen molar-refractivity contribution in [3.63, 3.8) is 0 Å². The minimum absolute atomic E-state index is 0.437.